The average molecular weight is 344 g/mol. The highest BCUT2D eigenvalue weighted by Gasteiger charge is 2.39. The van der Waals surface area contributed by atoms with Crippen LogP contribution in [0.3, 0.4) is 0 Å². The van der Waals surface area contributed by atoms with Crippen LogP contribution in [0.4, 0.5) is 0 Å². The molecule has 2 atom stereocenters. The lowest BCUT2D eigenvalue weighted by Gasteiger charge is -2.38. The number of aliphatic hydroxyl groups is 2. The first-order valence-electron chi connectivity index (χ1n) is 8.48. The molecule has 0 radical (unpaired) electrons. The smallest absolute Gasteiger partial charge is 0.167 e. The number of ether oxygens (including phenoxy) is 2. The first-order valence-corrected chi connectivity index (χ1v) is 8.48. The van der Waals surface area contributed by atoms with E-state index in [9.17, 15) is 15.3 Å². The van der Waals surface area contributed by atoms with E-state index >= 15 is 0 Å². The highest BCUT2D eigenvalue weighted by atomic mass is 16.5. The Kier molecular flexibility index (Phi) is 5.27. The number of rotatable bonds is 5. The minimum Gasteiger partial charge on any atom is -0.504 e. The van der Waals surface area contributed by atoms with Crippen molar-refractivity contribution < 1.29 is 24.8 Å². The van der Waals surface area contributed by atoms with Gasteiger partial charge in [-0.1, -0.05) is 36.4 Å². The van der Waals surface area contributed by atoms with Gasteiger partial charge in [0.15, 0.2) is 17.3 Å². The predicted molar refractivity (Wildman–Crippen MR) is 93.4 cm³/mol. The summed E-state index contributed by atoms with van der Waals surface area (Å²) in [6.45, 7) is 0. The normalized spacial score (nSPS) is 22.5. The molecule has 0 aliphatic carbocycles. The molecule has 1 aliphatic rings. The van der Waals surface area contributed by atoms with Crippen molar-refractivity contribution in [3.8, 4) is 11.5 Å². The summed E-state index contributed by atoms with van der Waals surface area (Å²) in [6.07, 6.45) is 1.01. The predicted octanol–water partition coefficient (Wildman–Crippen LogP) is 2.93. The molecule has 3 N–H and O–H groups in total. The van der Waals surface area contributed by atoms with Crippen molar-refractivity contribution in [1.82, 2.24) is 0 Å². The fourth-order valence-electron chi connectivity index (χ4n) is 3.32. The van der Waals surface area contributed by atoms with Gasteiger partial charge in [0.25, 0.3) is 0 Å². The van der Waals surface area contributed by atoms with Gasteiger partial charge in [0, 0.05) is 12.8 Å². The second-order valence-electron chi connectivity index (χ2n) is 6.59. The van der Waals surface area contributed by atoms with E-state index < -0.39 is 11.9 Å². The van der Waals surface area contributed by atoms with E-state index in [0.29, 0.717) is 17.7 Å². The maximum Gasteiger partial charge on any atom is 0.167 e. The van der Waals surface area contributed by atoms with Gasteiger partial charge in [0.1, 0.15) is 0 Å². The van der Waals surface area contributed by atoms with E-state index in [-0.39, 0.29) is 24.7 Å². The molecule has 0 unspecified atom stereocenters. The van der Waals surface area contributed by atoms with Crippen LogP contribution in [-0.4, -0.2) is 34.3 Å². The van der Waals surface area contributed by atoms with E-state index in [1.807, 2.05) is 30.3 Å². The fourth-order valence-corrected chi connectivity index (χ4v) is 3.32. The summed E-state index contributed by atoms with van der Waals surface area (Å²) in [7, 11) is 1.48. The minimum absolute atomic E-state index is 0.0106. The van der Waals surface area contributed by atoms with Crippen molar-refractivity contribution in [2.45, 2.75) is 43.7 Å². The van der Waals surface area contributed by atoms with Crippen molar-refractivity contribution in [2.75, 3.05) is 7.11 Å². The van der Waals surface area contributed by atoms with Gasteiger partial charge in [-0.15, -0.1) is 0 Å². The highest BCUT2D eigenvalue weighted by Crippen LogP contribution is 2.39. The Morgan fingerprint density at radius 1 is 1.12 bits per heavy atom. The topological polar surface area (TPSA) is 79.2 Å². The molecule has 1 saturated heterocycles. The lowest BCUT2D eigenvalue weighted by molar-refractivity contribution is -0.247. The molecule has 5 nitrogen and oxygen atoms in total. The third-order valence-electron chi connectivity index (χ3n) is 4.60. The van der Waals surface area contributed by atoms with Gasteiger partial charge in [-0.05, 0) is 36.1 Å². The van der Waals surface area contributed by atoms with Gasteiger partial charge in [0.05, 0.1) is 19.3 Å². The zero-order valence-electron chi connectivity index (χ0n) is 14.3. The molecule has 5 heteroatoms. The Hall–Kier alpha value is -2.08. The Morgan fingerprint density at radius 3 is 2.56 bits per heavy atom. The van der Waals surface area contributed by atoms with E-state index in [2.05, 4.69) is 0 Å². The molecule has 0 bridgehead atoms. The maximum absolute atomic E-state index is 10.2. The summed E-state index contributed by atoms with van der Waals surface area (Å²) in [4.78, 5) is 0. The molecule has 0 spiro atoms. The number of aromatic hydroxyl groups is 1. The molecule has 2 aromatic carbocycles. The Labute approximate surface area is 147 Å². The zero-order chi connectivity index (χ0) is 17.9. The van der Waals surface area contributed by atoms with Crippen LogP contribution in [0, 0.1) is 0 Å². The second-order valence-corrected chi connectivity index (χ2v) is 6.59. The van der Waals surface area contributed by atoms with Crippen molar-refractivity contribution in [3.05, 3.63) is 59.7 Å². The van der Waals surface area contributed by atoms with E-state index in [1.54, 1.807) is 18.2 Å². The van der Waals surface area contributed by atoms with Gasteiger partial charge >= 0.3 is 0 Å². The molecule has 1 heterocycles. The molecular formula is C20H24O5. The van der Waals surface area contributed by atoms with Gasteiger partial charge in [-0.25, -0.2) is 0 Å². The lowest BCUT2D eigenvalue weighted by Crippen LogP contribution is -2.42. The molecule has 0 aromatic heterocycles. The van der Waals surface area contributed by atoms with Crippen LogP contribution >= 0.6 is 0 Å². The lowest BCUT2D eigenvalue weighted by atomic mass is 9.91. The molecule has 25 heavy (non-hydrogen) atoms. The van der Waals surface area contributed by atoms with E-state index in [4.69, 9.17) is 9.47 Å². The van der Waals surface area contributed by atoms with Gasteiger partial charge in [0.2, 0.25) is 0 Å². The van der Waals surface area contributed by atoms with Crippen molar-refractivity contribution >= 4 is 0 Å². The molecule has 2 aromatic rings. The minimum atomic E-state index is -1.78. The van der Waals surface area contributed by atoms with Crippen LogP contribution in [0.1, 0.15) is 36.5 Å². The fraction of sp³-hybridized carbons (Fsp3) is 0.400. The van der Waals surface area contributed by atoms with Gasteiger partial charge in [-0.2, -0.15) is 0 Å². The molecular weight excluding hydrogens is 320 g/mol. The summed E-state index contributed by atoms with van der Waals surface area (Å²) in [5, 5.41) is 30.4. The quantitative estimate of drug-likeness (QED) is 0.727. The molecule has 0 saturated carbocycles. The van der Waals surface area contributed by atoms with Crippen LogP contribution in [0.5, 0.6) is 11.5 Å². The second kappa shape index (κ2) is 7.44. The number of methoxy groups -OCH3 is 1. The Bertz CT molecular complexity index is 698. The standard InChI is InChI=1S/C20H24O5/c1-24-18-10-8-15(11-17(18)21)19-13-20(22,23)12-16(25-19)9-7-14-5-3-2-4-6-14/h2-6,8,10-11,16,19,21-23H,7,9,12-13H2,1H3/t16-,19-/m1/s1. The number of benzene rings is 2. The summed E-state index contributed by atoms with van der Waals surface area (Å²) >= 11 is 0. The largest absolute Gasteiger partial charge is 0.504 e. The molecule has 1 fully saturated rings. The number of hydrogen-bond donors (Lipinski definition) is 3. The van der Waals surface area contributed by atoms with Crippen LogP contribution < -0.4 is 4.74 Å². The zero-order valence-corrected chi connectivity index (χ0v) is 14.3. The van der Waals surface area contributed by atoms with Gasteiger partial charge in [-0.3, -0.25) is 0 Å². The Morgan fingerprint density at radius 2 is 1.88 bits per heavy atom. The number of phenolic OH excluding ortho intramolecular Hbond substituents is 1. The summed E-state index contributed by atoms with van der Waals surface area (Å²) in [6, 6.07) is 15.0. The van der Waals surface area contributed by atoms with E-state index in [0.717, 1.165) is 6.42 Å². The highest BCUT2D eigenvalue weighted by molar-refractivity contribution is 5.42. The van der Waals surface area contributed by atoms with Crippen LogP contribution in [-0.2, 0) is 11.2 Å². The number of aryl methyl sites for hydroxylation is 1. The average Bonchev–Trinajstić information content (AvgIpc) is 2.59. The van der Waals surface area contributed by atoms with Gasteiger partial charge < -0.3 is 24.8 Å². The van der Waals surface area contributed by atoms with Crippen LogP contribution in [0.25, 0.3) is 0 Å². The van der Waals surface area contributed by atoms with Crippen LogP contribution in [0.15, 0.2) is 48.5 Å². The summed E-state index contributed by atoms with van der Waals surface area (Å²) in [5.41, 5.74) is 1.90. The monoisotopic (exact) mass is 344 g/mol. The molecule has 3 rings (SSSR count). The van der Waals surface area contributed by atoms with Crippen molar-refractivity contribution in [3.63, 3.8) is 0 Å². The third-order valence-corrected chi connectivity index (χ3v) is 4.60. The Balaban J connectivity index is 1.71. The maximum atomic E-state index is 10.2. The third kappa shape index (κ3) is 4.51. The van der Waals surface area contributed by atoms with Crippen molar-refractivity contribution in [1.29, 1.82) is 0 Å². The van der Waals surface area contributed by atoms with Crippen LogP contribution in [0.2, 0.25) is 0 Å². The number of hydrogen-bond acceptors (Lipinski definition) is 5. The number of phenols is 1. The molecule has 134 valence electrons. The summed E-state index contributed by atoms with van der Waals surface area (Å²) < 4.78 is 11.1. The SMILES string of the molecule is COc1ccc([C@H]2CC(O)(O)C[C@@H](CCc3ccccc3)O2)cc1O. The first-order chi connectivity index (χ1) is 12.0. The molecule has 0 amide bonds. The molecule has 1 aliphatic heterocycles. The van der Waals surface area contributed by atoms with E-state index in [1.165, 1.54) is 12.7 Å². The summed E-state index contributed by atoms with van der Waals surface area (Å²) in [5.74, 6) is -1.39. The van der Waals surface area contributed by atoms with Crippen molar-refractivity contribution in [2.24, 2.45) is 0 Å². The first kappa shape index (κ1) is 17.7.